The second-order valence-electron chi connectivity index (χ2n) is 5.83. The van der Waals surface area contributed by atoms with Crippen molar-refractivity contribution >= 4 is 27.6 Å². The number of nitrogens with zero attached hydrogens (tertiary/aromatic N) is 1. The van der Waals surface area contributed by atoms with E-state index in [1.165, 1.54) is 0 Å². The first-order valence-corrected chi connectivity index (χ1v) is 9.57. The van der Waals surface area contributed by atoms with Crippen molar-refractivity contribution in [1.29, 1.82) is 0 Å². The summed E-state index contributed by atoms with van der Waals surface area (Å²) >= 11 is 5.65. The molecule has 0 amide bonds. The molecule has 134 valence electrons. The van der Waals surface area contributed by atoms with Crippen LogP contribution >= 0.6 is 11.6 Å². The normalized spacial score (nSPS) is 19.4. The molecule has 0 aromatic heterocycles. The van der Waals surface area contributed by atoms with Gasteiger partial charge in [-0.15, -0.1) is 0 Å². The highest BCUT2D eigenvalue weighted by Gasteiger charge is 2.28. The number of aromatic carboxylic acids is 1. The van der Waals surface area contributed by atoms with E-state index >= 15 is 0 Å². The first-order chi connectivity index (χ1) is 11.2. The molecule has 6 nitrogen and oxygen atoms in total. The van der Waals surface area contributed by atoms with E-state index < -0.39 is 32.3 Å². The Balaban J connectivity index is 2.24. The van der Waals surface area contributed by atoms with Crippen molar-refractivity contribution < 1.29 is 22.7 Å². The summed E-state index contributed by atoms with van der Waals surface area (Å²) in [5, 5.41) is 8.69. The van der Waals surface area contributed by atoms with Gasteiger partial charge in [0, 0.05) is 12.6 Å². The maximum absolute atomic E-state index is 14.0. The van der Waals surface area contributed by atoms with Crippen LogP contribution in [0.15, 0.2) is 17.0 Å². The number of likely N-dealkylation sites (tertiary alicyclic amines) is 1. The van der Waals surface area contributed by atoms with Gasteiger partial charge >= 0.3 is 5.97 Å². The van der Waals surface area contributed by atoms with Crippen LogP contribution < -0.4 is 4.72 Å². The molecule has 0 saturated carbocycles. The highest BCUT2D eigenvalue weighted by Crippen LogP contribution is 2.25. The zero-order valence-corrected chi connectivity index (χ0v) is 14.8. The molecule has 0 spiro atoms. The van der Waals surface area contributed by atoms with Crippen LogP contribution in [-0.2, 0) is 10.0 Å². The molecular weight excluding hydrogens is 359 g/mol. The summed E-state index contributed by atoms with van der Waals surface area (Å²) < 4.78 is 41.4. The van der Waals surface area contributed by atoms with E-state index in [2.05, 4.69) is 9.62 Å². The van der Waals surface area contributed by atoms with Crippen LogP contribution in [0.1, 0.15) is 36.5 Å². The molecule has 1 aromatic rings. The van der Waals surface area contributed by atoms with Gasteiger partial charge in [0.05, 0.1) is 10.6 Å². The standard InChI is InChI=1S/C15H20ClFN2O4S/c1-2-5-19-6-3-4-10(9-19)18-24(22,23)14-7-11(15(20)21)12(16)8-13(14)17/h7-8,10,18H,2-6,9H2,1H3,(H,20,21). The summed E-state index contributed by atoms with van der Waals surface area (Å²) in [4.78, 5) is 12.5. The lowest BCUT2D eigenvalue weighted by Gasteiger charge is -2.32. The van der Waals surface area contributed by atoms with Crippen LogP contribution in [0.3, 0.4) is 0 Å². The molecule has 24 heavy (non-hydrogen) atoms. The van der Waals surface area contributed by atoms with Gasteiger partial charge < -0.3 is 10.0 Å². The average Bonchev–Trinajstić information content (AvgIpc) is 2.46. The number of piperidine rings is 1. The summed E-state index contributed by atoms with van der Waals surface area (Å²) in [6.07, 6.45) is 2.46. The van der Waals surface area contributed by atoms with Crippen molar-refractivity contribution in [2.24, 2.45) is 0 Å². The molecule has 2 N–H and O–H groups in total. The van der Waals surface area contributed by atoms with E-state index in [4.69, 9.17) is 16.7 Å². The lowest BCUT2D eigenvalue weighted by molar-refractivity contribution is 0.0696. The number of carboxylic acid groups (broad SMARTS) is 1. The number of rotatable bonds is 6. The number of hydrogen-bond donors (Lipinski definition) is 2. The van der Waals surface area contributed by atoms with Gasteiger partial charge in [0.15, 0.2) is 0 Å². The number of sulfonamides is 1. The van der Waals surface area contributed by atoms with Crippen LogP contribution in [0, 0.1) is 5.82 Å². The minimum atomic E-state index is -4.18. The molecular formula is C15H20ClFN2O4S. The van der Waals surface area contributed by atoms with Crippen molar-refractivity contribution in [2.75, 3.05) is 19.6 Å². The van der Waals surface area contributed by atoms with Gasteiger partial charge in [-0.05, 0) is 44.5 Å². The summed E-state index contributed by atoms with van der Waals surface area (Å²) in [7, 11) is -4.18. The van der Waals surface area contributed by atoms with E-state index in [0.29, 0.717) is 19.0 Å². The maximum Gasteiger partial charge on any atom is 0.337 e. The molecule has 1 heterocycles. The van der Waals surface area contributed by atoms with Crippen molar-refractivity contribution in [3.05, 3.63) is 28.5 Å². The van der Waals surface area contributed by atoms with Gasteiger partial charge in [0.2, 0.25) is 10.0 Å². The predicted octanol–water partition coefficient (Wildman–Crippen LogP) is 2.33. The van der Waals surface area contributed by atoms with Crippen LogP contribution in [0.5, 0.6) is 0 Å². The topological polar surface area (TPSA) is 86.7 Å². The summed E-state index contributed by atoms with van der Waals surface area (Å²) in [5.74, 6) is -2.48. The highest BCUT2D eigenvalue weighted by atomic mass is 35.5. The van der Waals surface area contributed by atoms with Crippen LogP contribution in [-0.4, -0.2) is 50.1 Å². The van der Waals surface area contributed by atoms with E-state index in [-0.39, 0.29) is 11.1 Å². The smallest absolute Gasteiger partial charge is 0.337 e. The Morgan fingerprint density at radius 2 is 2.21 bits per heavy atom. The molecule has 1 unspecified atom stereocenters. The lowest BCUT2D eigenvalue weighted by atomic mass is 10.1. The Kier molecular flexibility index (Phi) is 6.19. The van der Waals surface area contributed by atoms with E-state index in [1.807, 2.05) is 6.92 Å². The van der Waals surface area contributed by atoms with Crippen molar-refractivity contribution in [1.82, 2.24) is 9.62 Å². The van der Waals surface area contributed by atoms with Gasteiger partial charge in [-0.2, -0.15) is 0 Å². The SMILES string of the molecule is CCCN1CCCC(NS(=O)(=O)c2cc(C(=O)O)c(Cl)cc2F)C1. The average molecular weight is 379 g/mol. The molecule has 1 aliphatic heterocycles. The molecule has 1 aliphatic rings. The number of benzene rings is 1. The largest absolute Gasteiger partial charge is 0.478 e. The quantitative estimate of drug-likeness (QED) is 0.793. The molecule has 2 rings (SSSR count). The third-order valence-electron chi connectivity index (χ3n) is 3.91. The monoisotopic (exact) mass is 378 g/mol. The van der Waals surface area contributed by atoms with E-state index in [0.717, 1.165) is 32.0 Å². The number of nitrogens with one attached hydrogen (secondary N) is 1. The first-order valence-electron chi connectivity index (χ1n) is 7.71. The van der Waals surface area contributed by atoms with Gasteiger partial charge in [-0.3, -0.25) is 0 Å². The lowest BCUT2D eigenvalue weighted by Crippen LogP contribution is -2.47. The van der Waals surface area contributed by atoms with E-state index in [1.54, 1.807) is 0 Å². The zero-order chi connectivity index (χ0) is 17.9. The van der Waals surface area contributed by atoms with Crippen LogP contribution in [0.2, 0.25) is 5.02 Å². The number of hydrogen-bond acceptors (Lipinski definition) is 4. The Labute approximate surface area is 145 Å². The molecule has 1 aromatic carbocycles. The van der Waals surface area contributed by atoms with Crippen molar-refractivity contribution in [2.45, 2.75) is 37.1 Å². The molecule has 0 radical (unpaired) electrons. The molecule has 1 fully saturated rings. The Bertz CT molecular complexity index is 724. The molecule has 9 heteroatoms. The van der Waals surface area contributed by atoms with Gasteiger partial charge in [-0.25, -0.2) is 22.3 Å². The second kappa shape index (κ2) is 7.77. The first kappa shape index (κ1) is 19.1. The molecule has 0 bridgehead atoms. The molecule has 0 aliphatic carbocycles. The fraction of sp³-hybridized carbons (Fsp3) is 0.533. The van der Waals surface area contributed by atoms with Gasteiger partial charge in [0.25, 0.3) is 0 Å². The fourth-order valence-corrected chi connectivity index (χ4v) is 4.43. The minimum absolute atomic E-state index is 0.335. The second-order valence-corrected chi connectivity index (χ2v) is 7.92. The van der Waals surface area contributed by atoms with Crippen LogP contribution in [0.25, 0.3) is 0 Å². The summed E-state index contributed by atoms with van der Waals surface area (Å²) in [6, 6.07) is 1.14. The number of carbonyl (C=O) groups is 1. The summed E-state index contributed by atoms with van der Waals surface area (Å²) in [6.45, 7) is 4.37. The Morgan fingerprint density at radius 1 is 1.50 bits per heavy atom. The highest BCUT2D eigenvalue weighted by molar-refractivity contribution is 7.89. The predicted molar refractivity (Wildman–Crippen MR) is 88.4 cm³/mol. The van der Waals surface area contributed by atoms with E-state index in [9.17, 15) is 17.6 Å². The van der Waals surface area contributed by atoms with Crippen LogP contribution in [0.4, 0.5) is 4.39 Å². The van der Waals surface area contributed by atoms with Crippen molar-refractivity contribution in [3.63, 3.8) is 0 Å². The zero-order valence-electron chi connectivity index (χ0n) is 13.3. The van der Waals surface area contributed by atoms with Gasteiger partial charge in [-0.1, -0.05) is 18.5 Å². The minimum Gasteiger partial charge on any atom is -0.478 e. The number of halogens is 2. The number of carboxylic acids is 1. The van der Waals surface area contributed by atoms with Crippen molar-refractivity contribution in [3.8, 4) is 0 Å². The molecule has 1 saturated heterocycles. The van der Waals surface area contributed by atoms with Gasteiger partial charge in [0.1, 0.15) is 10.7 Å². The fourth-order valence-electron chi connectivity index (χ4n) is 2.85. The third-order valence-corrected chi connectivity index (χ3v) is 5.76. The summed E-state index contributed by atoms with van der Waals surface area (Å²) in [5.41, 5.74) is -0.449. The maximum atomic E-state index is 14.0. The Hall–Kier alpha value is -1.22. The third kappa shape index (κ3) is 4.44. The molecule has 1 atom stereocenters. The Morgan fingerprint density at radius 3 is 2.83 bits per heavy atom.